The second-order valence-electron chi connectivity index (χ2n) is 4.71. The number of hydrogen-bond acceptors (Lipinski definition) is 3. The highest BCUT2D eigenvalue weighted by molar-refractivity contribution is 5.12. The molecule has 0 bridgehead atoms. The van der Waals surface area contributed by atoms with E-state index in [0.29, 0.717) is 5.92 Å². The van der Waals surface area contributed by atoms with Gasteiger partial charge in [-0.05, 0) is 25.3 Å². The van der Waals surface area contributed by atoms with Gasteiger partial charge >= 0.3 is 0 Å². The molecule has 3 nitrogen and oxygen atoms in total. The quantitative estimate of drug-likeness (QED) is 0.714. The number of likely N-dealkylation sites (tertiary alicyclic amines) is 1. The molecule has 0 aromatic heterocycles. The van der Waals surface area contributed by atoms with Crippen molar-refractivity contribution in [2.45, 2.75) is 37.6 Å². The Morgan fingerprint density at radius 3 is 2.43 bits per heavy atom. The van der Waals surface area contributed by atoms with E-state index in [2.05, 4.69) is 11.0 Å². The molecule has 1 saturated carbocycles. The van der Waals surface area contributed by atoms with Gasteiger partial charge in [-0.15, -0.1) is 0 Å². The van der Waals surface area contributed by atoms with Crippen LogP contribution >= 0.6 is 0 Å². The monoisotopic (exact) mass is 193 g/mol. The summed E-state index contributed by atoms with van der Waals surface area (Å²) in [5, 5.41) is 9.31. The van der Waals surface area contributed by atoms with Gasteiger partial charge in [-0.2, -0.15) is 5.26 Å². The lowest BCUT2D eigenvalue weighted by Gasteiger charge is -2.50. The van der Waals surface area contributed by atoms with Gasteiger partial charge in [0.15, 0.2) is 0 Å². The topological polar surface area (TPSA) is 53.0 Å². The van der Waals surface area contributed by atoms with Gasteiger partial charge in [0, 0.05) is 13.1 Å². The largest absolute Gasteiger partial charge is 0.330 e. The number of nitriles is 1. The van der Waals surface area contributed by atoms with Gasteiger partial charge < -0.3 is 5.73 Å². The number of rotatable bonds is 2. The van der Waals surface area contributed by atoms with Crippen LogP contribution in [0, 0.1) is 17.2 Å². The Balaban J connectivity index is 1.96. The molecule has 1 heterocycles. The lowest BCUT2D eigenvalue weighted by molar-refractivity contribution is -0.00120. The van der Waals surface area contributed by atoms with Gasteiger partial charge in [-0.3, -0.25) is 4.90 Å². The maximum absolute atomic E-state index is 9.31. The molecule has 2 N–H and O–H groups in total. The first-order valence-corrected chi connectivity index (χ1v) is 5.67. The molecule has 0 spiro atoms. The Morgan fingerprint density at radius 1 is 1.29 bits per heavy atom. The Kier molecular flexibility index (Phi) is 2.76. The van der Waals surface area contributed by atoms with E-state index in [1.807, 2.05) is 0 Å². The van der Waals surface area contributed by atoms with Crippen molar-refractivity contribution in [3.8, 4) is 6.07 Å². The lowest BCUT2D eigenvalue weighted by Crippen LogP contribution is -2.61. The molecule has 2 rings (SSSR count). The minimum Gasteiger partial charge on any atom is -0.330 e. The van der Waals surface area contributed by atoms with E-state index in [-0.39, 0.29) is 5.54 Å². The predicted molar refractivity (Wildman–Crippen MR) is 55.5 cm³/mol. The van der Waals surface area contributed by atoms with E-state index in [0.717, 1.165) is 32.5 Å². The van der Waals surface area contributed by atoms with Crippen molar-refractivity contribution in [1.29, 1.82) is 5.26 Å². The van der Waals surface area contributed by atoms with Crippen LogP contribution in [-0.4, -0.2) is 30.1 Å². The Morgan fingerprint density at radius 2 is 1.93 bits per heavy atom. The summed E-state index contributed by atoms with van der Waals surface area (Å²) in [5.74, 6) is 0.641. The first-order chi connectivity index (χ1) is 6.80. The zero-order valence-corrected chi connectivity index (χ0v) is 8.71. The van der Waals surface area contributed by atoms with Crippen LogP contribution in [0.2, 0.25) is 0 Å². The third kappa shape index (κ3) is 1.53. The van der Waals surface area contributed by atoms with Crippen LogP contribution in [0.25, 0.3) is 0 Å². The molecular formula is C11H19N3. The summed E-state index contributed by atoms with van der Waals surface area (Å²) in [6.45, 7) is 2.87. The van der Waals surface area contributed by atoms with Gasteiger partial charge in [0.2, 0.25) is 0 Å². The molecule has 0 aromatic rings. The van der Waals surface area contributed by atoms with Gasteiger partial charge in [-0.1, -0.05) is 19.3 Å². The second-order valence-corrected chi connectivity index (χ2v) is 4.71. The van der Waals surface area contributed by atoms with Crippen molar-refractivity contribution in [2.24, 2.45) is 11.7 Å². The smallest absolute Gasteiger partial charge is 0.109 e. The van der Waals surface area contributed by atoms with Crippen LogP contribution in [0.15, 0.2) is 0 Å². The molecular weight excluding hydrogens is 174 g/mol. The summed E-state index contributed by atoms with van der Waals surface area (Å²) < 4.78 is 0. The molecule has 1 aliphatic heterocycles. The standard InChI is InChI=1S/C11H19N3/c12-6-10-7-14(8-10)11(9-13)4-2-1-3-5-11/h10H,1-8,12H2. The first-order valence-electron chi connectivity index (χ1n) is 5.67. The molecule has 14 heavy (non-hydrogen) atoms. The average molecular weight is 193 g/mol. The van der Waals surface area contributed by atoms with Crippen LogP contribution in [0.1, 0.15) is 32.1 Å². The zero-order valence-electron chi connectivity index (χ0n) is 8.71. The van der Waals surface area contributed by atoms with E-state index in [9.17, 15) is 5.26 Å². The minimum atomic E-state index is -0.121. The van der Waals surface area contributed by atoms with Crippen molar-refractivity contribution in [3.05, 3.63) is 0 Å². The maximum atomic E-state index is 9.31. The van der Waals surface area contributed by atoms with Crippen LogP contribution in [-0.2, 0) is 0 Å². The molecule has 0 radical (unpaired) electrons. The molecule has 0 aromatic carbocycles. The fourth-order valence-electron chi connectivity index (χ4n) is 2.70. The SMILES string of the molecule is N#CC1(N2CC(CN)C2)CCCCC1. The minimum absolute atomic E-state index is 0.121. The molecule has 1 saturated heterocycles. The third-order valence-electron chi connectivity index (χ3n) is 3.78. The van der Waals surface area contributed by atoms with Crippen LogP contribution in [0.3, 0.4) is 0 Å². The van der Waals surface area contributed by atoms with Gasteiger partial charge in [-0.25, -0.2) is 0 Å². The Hall–Kier alpha value is -0.590. The molecule has 0 unspecified atom stereocenters. The van der Waals surface area contributed by atoms with Gasteiger partial charge in [0.1, 0.15) is 5.54 Å². The van der Waals surface area contributed by atoms with Crippen LogP contribution in [0.5, 0.6) is 0 Å². The van der Waals surface area contributed by atoms with Gasteiger partial charge in [0.05, 0.1) is 6.07 Å². The maximum Gasteiger partial charge on any atom is 0.109 e. The highest BCUT2D eigenvalue weighted by atomic mass is 15.3. The van der Waals surface area contributed by atoms with Crippen LogP contribution in [0.4, 0.5) is 0 Å². The molecule has 2 fully saturated rings. The van der Waals surface area contributed by atoms with Crippen LogP contribution < -0.4 is 5.73 Å². The summed E-state index contributed by atoms with van der Waals surface area (Å²) in [6, 6.07) is 2.55. The Bertz CT molecular complexity index is 231. The van der Waals surface area contributed by atoms with Gasteiger partial charge in [0.25, 0.3) is 0 Å². The number of nitrogens with zero attached hydrogens (tertiary/aromatic N) is 2. The Labute approximate surface area is 85.9 Å². The molecule has 0 atom stereocenters. The average Bonchev–Trinajstić information content (AvgIpc) is 2.18. The predicted octanol–water partition coefficient (Wildman–Crippen LogP) is 1.10. The molecule has 2 aliphatic rings. The van der Waals surface area contributed by atoms with Crippen molar-refractivity contribution in [2.75, 3.05) is 19.6 Å². The summed E-state index contributed by atoms with van der Waals surface area (Å²) >= 11 is 0. The fraction of sp³-hybridized carbons (Fsp3) is 0.909. The van der Waals surface area contributed by atoms with E-state index in [4.69, 9.17) is 5.73 Å². The molecule has 1 aliphatic carbocycles. The van der Waals surface area contributed by atoms with E-state index in [1.54, 1.807) is 0 Å². The van der Waals surface area contributed by atoms with E-state index in [1.165, 1.54) is 19.3 Å². The molecule has 0 amide bonds. The third-order valence-corrected chi connectivity index (χ3v) is 3.78. The summed E-state index contributed by atoms with van der Waals surface area (Å²) in [5.41, 5.74) is 5.48. The van der Waals surface area contributed by atoms with Crippen molar-refractivity contribution >= 4 is 0 Å². The molecule has 78 valence electrons. The van der Waals surface area contributed by atoms with Crippen molar-refractivity contribution in [3.63, 3.8) is 0 Å². The van der Waals surface area contributed by atoms with Crippen molar-refractivity contribution < 1.29 is 0 Å². The number of hydrogen-bond donors (Lipinski definition) is 1. The fourth-order valence-corrected chi connectivity index (χ4v) is 2.70. The zero-order chi connectivity index (χ0) is 10.0. The first kappa shape index (κ1) is 9.95. The highest BCUT2D eigenvalue weighted by Crippen LogP contribution is 2.37. The summed E-state index contributed by atoms with van der Waals surface area (Å²) in [6.07, 6.45) is 5.88. The second kappa shape index (κ2) is 3.88. The summed E-state index contributed by atoms with van der Waals surface area (Å²) in [7, 11) is 0. The normalized spacial score (nSPS) is 28.0. The van der Waals surface area contributed by atoms with E-state index >= 15 is 0 Å². The number of nitrogens with two attached hydrogens (primary N) is 1. The highest BCUT2D eigenvalue weighted by Gasteiger charge is 2.43. The lowest BCUT2D eigenvalue weighted by atomic mass is 9.78. The van der Waals surface area contributed by atoms with Crippen molar-refractivity contribution in [1.82, 2.24) is 4.90 Å². The van der Waals surface area contributed by atoms with E-state index < -0.39 is 0 Å². The summed E-state index contributed by atoms with van der Waals surface area (Å²) in [4.78, 5) is 2.35. The molecule has 3 heteroatoms.